The molecule has 4 rings (SSSR count). The van der Waals surface area contributed by atoms with Crippen LogP contribution in [0.15, 0.2) is 53.6 Å². The smallest absolute Gasteiger partial charge is 0.255 e. The highest BCUT2D eigenvalue weighted by atomic mass is 32.1. The highest BCUT2D eigenvalue weighted by Crippen LogP contribution is 2.28. The Bertz CT molecular complexity index is 1020. The molecule has 3 heterocycles. The lowest BCUT2D eigenvalue weighted by Crippen LogP contribution is -2.23. The van der Waals surface area contributed by atoms with Gasteiger partial charge in [0.05, 0.1) is 22.3 Å². The number of carbonyl (C=O) groups is 1. The monoisotopic (exact) mass is 383 g/mol. The minimum Gasteiger partial charge on any atom is -0.447 e. The van der Waals surface area contributed by atoms with Crippen molar-refractivity contribution in [2.75, 3.05) is 5.73 Å². The molecule has 0 unspecified atom stereocenters. The Labute approximate surface area is 158 Å². The quantitative estimate of drug-likeness (QED) is 0.681. The van der Waals surface area contributed by atoms with Crippen molar-refractivity contribution in [1.29, 1.82) is 0 Å². The first-order valence-corrected chi connectivity index (χ1v) is 9.94. The molecule has 0 fully saturated rings. The van der Waals surface area contributed by atoms with Crippen molar-refractivity contribution >= 4 is 44.6 Å². The van der Waals surface area contributed by atoms with E-state index < -0.39 is 0 Å². The van der Waals surface area contributed by atoms with E-state index >= 15 is 0 Å². The fourth-order valence-electron chi connectivity index (χ4n) is 2.64. The number of carbonyl (C=O) groups excluding carboxylic acids is 1. The van der Waals surface area contributed by atoms with Crippen LogP contribution < -0.4 is 15.8 Å². The van der Waals surface area contributed by atoms with E-state index in [4.69, 9.17) is 10.5 Å². The first kappa shape index (κ1) is 16.8. The lowest BCUT2D eigenvalue weighted by atomic mass is 10.2. The van der Waals surface area contributed by atoms with Crippen LogP contribution in [0.3, 0.4) is 0 Å². The number of hydrogen-bond donors (Lipinski definition) is 2. The van der Waals surface area contributed by atoms with Crippen LogP contribution in [0, 0.1) is 0 Å². The number of aromatic nitrogens is 1. The third-order valence-corrected chi connectivity index (χ3v) is 5.77. The van der Waals surface area contributed by atoms with Crippen molar-refractivity contribution in [3.63, 3.8) is 0 Å². The Morgan fingerprint density at radius 1 is 1.31 bits per heavy atom. The second-order valence-electron chi connectivity index (χ2n) is 5.82. The van der Waals surface area contributed by atoms with Crippen LogP contribution in [0.4, 0.5) is 5.82 Å². The molecule has 0 bridgehead atoms. The van der Waals surface area contributed by atoms with E-state index in [1.165, 1.54) is 22.7 Å². The first-order chi connectivity index (χ1) is 12.7. The van der Waals surface area contributed by atoms with Gasteiger partial charge < -0.3 is 15.8 Å². The van der Waals surface area contributed by atoms with E-state index in [0.717, 1.165) is 38.8 Å². The normalized spacial score (nSPS) is 13.6. The maximum absolute atomic E-state index is 12.5. The van der Waals surface area contributed by atoms with Gasteiger partial charge in [0, 0.05) is 4.88 Å². The number of nitrogens with two attached hydrogens (primary N) is 1. The predicted octanol–water partition coefficient (Wildman–Crippen LogP) is 4.48. The Kier molecular flexibility index (Phi) is 4.73. The molecule has 0 saturated heterocycles. The third kappa shape index (κ3) is 3.63. The van der Waals surface area contributed by atoms with E-state index in [1.54, 1.807) is 6.07 Å². The van der Waals surface area contributed by atoms with Gasteiger partial charge in [-0.15, -0.1) is 22.7 Å². The molecule has 0 aliphatic heterocycles. The summed E-state index contributed by atoms with van der Waals surface area (Å²) in [7, 11) is 0. The molecule has 3 aromatic rings. The summed E-state index contributed by atoms with van der Waals surface area (Å²) in [4.78, 5) is 17.7. The Hall–Kier alpha value is -2.64. The number of nitrogens with zero attached hydrogens (tertiary/aromatic N) is 1. The van der Waals surface area contributed by atoms with Gasteiger partial charge in [-0.2, -0.15) is 0 Å². The Balaban J connectivity index is 1.40. The number of anilines is 1. The molecule has 3 aromatic heterocycles. The fraction of sp³-hybridized carbons (Fsp3) is 0.158. The number of rotatable bonds is 5. The van der Waals surface area contributed by atoms with Crippen LogP contribution in [-0.4, -0.2) is 10.9 Å². The molecule has 0 radical (unpaired) electrons. The standard InChI is InChI=1S/C19H17N3O2S2/c20-18-14(10-16-15(22-18)8-9-25-16)19(23)21-11-13-6-7-17(26-13)24-12-4-2-1-3-5-12/h2,4-10H,1,3,11H2,(H2,20,22)(H,21,23). The molecule has 132 valence electrons. The second-order valence-corrected chi connectivity index (χ2v) is 7.90. The summed E-state index contributed by atoms with van der Waals surface area (Å²) < 4.78 is 6.79. The number of nitrogens with one attached hydrogen (secondary N) is 1. The molecule has 26 heavy (non-hydrogen) atoms. The van der Waals surface area contributed by atoms with Gasteiger partial charge in [0.2, 0.25) is 0 Å². The minimum absolute atomic E-state index is 0.223. The average molecular weight is 383 g/mol. The van der Waals surface area contributed by atoms with E-state index in [1.807, 2.05) is 29.7 Å². The molecule has 3 N–H and O–H groups in total. The van der Waals surface area contributed by atoms with E-state index in [9.17, 15) is 4.79 Å². The minimum atomic E-state index is -0.223. The van der Waals surface area contributed by atoms with Crippen molar-refractivity contribution in [2.24, 2.45) is 0 Å². The molecule has 1 aliphatic carbocycles. The highest BCUT2D eigenvalue weighted by molar-refractivity contribution is 7.17. The van der Waals surface area contributed by atoms with Gasteiger partial charge >= 0.3 is 0 Å². The number of allylic oxidation sites excluding steroid dienone is 3. The summed E-state index contributed by atoms with van der Waals surface area (Å²) in [6.45, 7) is 0.420. The fourth-order valence-corrected chi connectivity index (χ4v) is 4.22. The van der Waals surface area contributed by atoms with Crippen molar-refractivity contribution in [3.05, 3.63) is 64.1 Å². The van der Waals surface area contributed by atoms with Gasteiger partial charge in [0.25, 0.3) is 5.91 Å². The van der Waals surface area contributed by atoms with Crippen LogP contribution >= 0.6 is 22.7 Å². The van der Waals surface area contributed by atoms with Crippen LogP contribution in [0.5, 0.6) is 5.06 Å². The lowest BCUT2D eigenvalue weighted by Gasteiger charge is -2.07. The summed E-state index contributed by atoms with van der Waals surface area (Å²) in [5.41, 5.74) is 7.15. The molecule has 0 saturated carbocycles. The molecule has 0 aromatic carbocycles. The van der Waals surface area contributed by atoms with Gasteiger partial charge in [0.1, 0.15) is 11.6 Å². The van der Waals surface area contributed by atoms with Gasteiger partial charge in [-0.05, 0) is 54.6 Å². The Morgan fingerprint density at radius 3 is 3.08 bits per heavy atom. The summed E-state index contributed by atoms with van der Waals surface area (Å²) in [6.07, 6.45) is 8.24. The van der Waals surface area contributed by atoms with Crippen molar-refractivity contribution in [1.82, 2.24) is 10.3 Å². The SMILES string of the molecule is Nc1nc2ccsc2cc1C(=O)NCc1ccc(OC2=CCCC=C2)s1. The van der Waals surface area contributed by atoms with Crippen molar-refractivity contribution in [3.8, 4) is 5.06 Å². The van der Waals surface area contributed by atoms with E-state index in [2.05, 4.69) is 22.5 Å². The van der Waals surface area contributed by atoms with E-state index in [-0.39, 0.29) is 11.7 Å². The summed E-state index contributed by atoms with van der Waals surface area (Å²) in [5, 5.41) is 5.65. The maximum atomic E-state index is 12.5. The van der Waals surface area contributed by atoms with Gasteiger partial charge in [0.15, 0.2) is 5.06 Å². The zero-order chi connectivity index (χ0) is 17.9. The van der Waals surface area contributed by atoms with Gasteiger partial charge in [-0.25, -0.2) is 4.98 Å². The van der Waals surface area contributed by atoms with Crippen LogP contribution in [0.2, 0.25) is 0 Å². The maximum Gasteiger partial charge on any atom is 0.255 e. The topological polar surface area (TPSA) is 77.2 Å². The molecule has 0 spiro atoms. The third-order valence-electron chi connectivity index (χ3n) is 3.95. The van der Waals surface area contributed by atoms with Crippen LogP contribution in [-0.2, 0) is 6.54 Å². The average Bonchev–Trinajstić information content (AvgIpc) is 3.28. The summed E-state index contributed by atoms with van der Waals surface area (Å²) in [5.74, 6) is 0.899. The molecular weight excluding hydrogens is 366 g/mol. The predicted molar refractivity (Wildman–Crippen MR) is 107 cm³/mol. The largest absolute Gasteiger partial charge is 0.447 e. The van der Waals surface area contributed by atoms with Crippen molar-refractivity contribution < 1.29 is 9.53 Å². The number of ether oxygens (including phenoxy) is 1. The van der Waals surface area contributed by atoms with E-state index in [0.29, 0.717) is 12.1 Å². The lowest BCUT2D eigenvalue weighted by molar-refractivity contribution is 0.0952. The molecule has 1 aliphatic rings. The number of thiophene rings is 2. The highest BCUT2D eigenvalue weighted by Gasteiger charge is 2.13. The summed E-state index contributed by atoms with van der Waals surface area (Å²) in [6, 6.07) is 7.56. The molecular formula is C19H17N3O2S2. The zero-order valence-electron chi connectivity index (χ0n) is 13.9. The van der Waals surface area contributed by atoms with Gasteiger partial charge in [-0.1, -0.05) is 6.08 Å². The zero-order valence-corrected chi connectivity index (χ0v) is 15.5. The molecule has 7 heteroatoms. The molecule has 0 atom stereocenters. The molecule has 5 nitrogen and oxygen atoms in total. The van der Waals surface area contributed by atoms with Crippen LogP contribution in [0.1, 0.15) is 28.1 Å². The first-order valence-electron chi connectivity index (χ1n) is 8.24. The van der Waals surface area contributed by atoms with Crippen LogP contribution in [0.25, 0.3) is 10.2 Å². The van der Waals surface area contributed by atoms with Crippen molar-refractivity contribution in [2.45, 2.75) is 19.4 Å². The number of pyridine rings is 1. The summed E-state index contributed by atoms with van der Waals surface area (Å²) >= 11 is 3.05. The van der Waals surface area contributed by atoms with Gasteiger partial charge in [-0.3, -0.25) is 4.79 Å². The number of fused-ring (bicyclic) bond motifs is 1. The Morgan fingerprint density at radius 2 is 2.23 bits per heavy atom. The number of nitrogen functional groups attached to an aromatic ring is 1. The number of hydrogen-bond acceptors (Lipinski definition) is 6. The number of amides is 1. The molecule has 1 amide bonds. The second kappa shape index (κ2) is 7.31.